The third kappa shape index (κ3) is 2.28. The van der Waals surface area contributed by atoms with Gasteiger partial charge in [-0.05, 0) is 12.1 Å². The molecule has 0 aliphatic carbocycles. The van der Waals surface area contributed by atoms with E-state index >= 15 is 0 Å². The molecule has 1 aromatic rings. The lowest BCUT2D eigenvalue weighted by Crippen LogP contribution is -1.88. The summed E-state index contributed by atoms with van der Waals surface area (Å²) in [5, 5.41) is 0.682. The number of para-hydroxylation sites is 1. The highest BCUT2D eigenvalue weighted by Crippen LogP contribution is 2.07. The maximum Gasteiger partial charge on any atom is 0.0649 e. The first-order valence-corrected chi connectivity index (χ1v) is 4.36. The van der Waals surface area contributed by atoms with Gasteiger partial charge in [-0.3, -0.25) is 0 Å². The summed E-state index contributed by atoms with van der Waals surface area (Å²) in [7, 11) is 0. The number of hydrogen-bond acceptors (Lipinski definition) is 1. The first-order valence-electron chi connectivity index (χ1n) is 3.24. The number of nitrogen functional groups attached to an aromatic ring is 1. The van der Waals surface area contributed by atoms with E-state index in [9.17, 15) is 0 Å². The fraction of sp³-hybridized carbons (Fsp3) is 0.111. The summed E-state index contributed by atoms with van der Waals surface area (Å²) in [6.07, 6.45) is 0. The van der Waals surface area contributed by atoms with Crippen molar-refractivity contribution in [2.24, 2.45) is 0 Å². The molecule has 0 bridgehead atoms. The molecule has 0 aliphatic rings. The molecule has 56 valence electrons. The van der Waals surface area contributed by atoms with Crippen LogP contribution in [0.5, 0.6) is 0 Å². The molecule has 0 aromatic heterocycles. The van der Waals surface area contributed by atoms with E-state index in [0.717, 1.165) is 11.3 Å². The van der Waals surface area contributed by atoms with E-state index in [1.165, 1.54) is 0 Å². The third-order valence-corrected chi connectivity index (χ3v) is 1.53. The lowest BCUT2D eigenvalue weighted by Gasteiger charge is -1.93. The summed E-state index contributed by atoms with van der Waals surface area (Å²) in [5.41, 5.74) is 7.28. The van der Waals surface area contributed by atoms with Crippen molar-refractivity contribution in [1.82, 2.24) is 0 Å². The Bertz CT molecular complexity index is 296. The lowest BCUT2D eigenvalue weighted by atomic mass is 10.2. The highest BCUT2D eigenvalue weighted by atomic mass is 79.9. The first-order chi connectivity index (χ1) is 5.34. The lowest BCUT2D eigenvalue weighted by molar-refractivity contribution is 1.63. The Labute approximate surface area is 74.7 Å². The minimum atomic E-state index is 0.682. The maximum atomic E-state index is 5.64. The van der Waals surface area contributed by atoms with Gasteiger partial charge in [0.05, 0.1) is 5.33 Å². The molecule has 0 unspecified atom stereocenters. The molecule has 1 aromatic carbocycles. The molecule has 1 nitrogen and oxygen atoms in total. The number of nitrogens with two attached hydrogens (primary N) is 1. The van der Waals surface area contributed by atoms with Crippen LogP contribution >= 0.6 is 15.9 Å². The Morgan fingerprint density at radius 1 is 1.36 bits per heavy atom. The summed E-state index contributed by atoms with van der Waals surface area (Å²) in [6, 6.07) is 7.58. The molecule has 0 spiro atoms. The SMILES string of the molecule is Nc1ccccc1C#CCBr. The van der Waals surface area contributed by atoms with Crippen LogP contribution in [0.3, 0.4) is 0 Å². The van der Waals surface area contributed by atoms with E-state index in [4.69, 9.17) is 5.73 Å². The van der Waals surface area contributed by atoms with E-state index < -0.39 is 0 Å². The van der Waals surface area contributed by atoms with Crippen LogP contribution in [0.15, 0.2) is 24.3 Å². The Kier molecular flexibility index (Phi) is 3.00. The molecule has 2 N–H and O–H groups in total. The van der Waals surface area contributed by atoms with Crippen LogP contribution in [0.25, 0.3) is 0 Å². The molecule has 0 radical (unpaired) electrons. The molecular weight excluding hydrogens is 202 g/mol. The minimum Gasteiger partial charge on any atom is -0.398 e. The summed E-state index contributed by atoms with van der Waals surface area (Å²) in [4.78, 5) is 0. The second-order valence-corrected chi connectivity index (χ2v) is 2.58. The number of anilines is 1. The standard InChI is InChI=1S/C9H8BrN/c10-7-3-5-8-4-1-2-6-9(8)11/h1-2,4,6H,7,11H2. The highest BCUT2D eigenvalue weighted by molar-refractivity contribution is 9.09. The Morgan fingerprint density at radius 3 is 2.73 bits per heavy atom. The molecule has 0 fully saturated rings. The van der Waals surface area contributed by atoms with Crippen LogP contribution in [0.4, 0.5) is 5.69 Å². The quantitative estimate of drug-likeness (QED) is 0.395. The number of alkyl halides is 1. The fourth-order valence-electron chi connectivity index (χ4n) is 0.739. The van der Waals surface area contributed by atoms with Crippen LogP contribution in [0.2, 0.25) is 0 Å². The van der Waals surface area contributed by atoms with Gasteiger partial charge in [-0.25, -0.2) is 0 Å². The first kappa shape index (κ1) is 8.16. The molecule has 0 saturated carbocycles. The van der Waals surface area contributed by atoms with Crippen molar-refractivity contribution in [3.05, 3.63) is 29.8 Å². The van der Waals surface area contributed by atoms with E-state index in [0.29, 0.717) is 5.33 Å². The van der Waals surface area contributed by atoms with Crippen molar-refractivity contribution in [2.75, 3.05) is 11.1 Å². The Balaban J connectivity index is 2.95. The van der Waals surface area contributed by atoms with Gasteiger partial charge < -0.3 is 5.73 Å². The van der Waals surface area contributed by atoms with Crippen molar-refractivity contribution in [3.63, 3.8) is 0 Å². The molecule has 0 saturated heterocycles. The zero-order chi connectivity index (χ0) is 8.10. The van der Waals surface area contributed by atoms with Crippen LogP contribution in [0, 0.1) is 11.8 Å². The summed E-state index contributed by atoms with van der Waals surface area (Å²) < 4.78 is 0. The predicted octanol–water partition coefficient (Wildman–Crippen LogP) is 2.02. The summed E-state index contributed by atoms with van der Waals surface area (Å²) >= 11 is 3.22. The van der Waals surface area contributed by atoms with Gasteiger partial charge in [0.15, 0.2) is 0 Å². The molecule has 0 aliphatic heterocycles. The maximum absolute atomic E-state index is 5.64. The Morgan fingerprint density at radius 2 is 2.09 bits per heavy atom. The van der Waals surface area contributed by atoms with E-state index in [1.54, 1.807) is 0 Å². The predicted molar refractivity (Wildman–Crippen MR) is 51.5 cm³/mol. The van der Waals surface area contributed by atoms with Crippen molar-refractivity contribution < 1.29 is 0 Å². The van der Waals surface area contributed by atoms with Gasteiger partial charge in [-0.1, -0.05) is 39.9 Å². The molecule has 11 heavy (non-hydrogen) atoms. The molecule has 1 rings (SSSR count). The Hall–Kier alpha value is -0.940. The molecular formula is C9H8BrN. The largest absolute Gasteiger partial charge is 0.398 e. The second-order valence-electron chi connectivity index (χ2n) is 2.02. The van der Waals surface area contributed by atoms with Gasteiger partial charge in [0.25, 0.3) is 0 Å². The van der Waals surface area contributed by atoms with Gasteiger partial charge in [-0.2, -0.15) is 0 Å². The van der Waals surface area contributed by atoms with Crippen molar-refractivity contribution in [2.45, 2.75) is 0 Å². The van der Waals surface area contributed by atoms with E-state index in [1.807, 2.05) is 24.3 Å². The van der Waals surface area contributed by atoms with E-state index in [-0.39, 0.29) is 0 Å². The van der Waals surface area contributed by atoms with Crippen molar-refractivity contribution in [1.29, 1.82) is 0 Å². The fourth-order valence-corrected chi connectivity index (χ4v) is 0.880. The minimum absolute atomic E-state index is 0.682. The smallest absolute Gasteiger partial charge is 0.0649 e. The van der Waals surface area contributed by atoms with Gasteiger partial charge in [-0.15, -0.1) is 0 Å². The van der Waals surface area contributed by atoms with Gasteiger partial charge in [0.1, 0.15) is 0 Å². The van der Waals surface area contributed by atoms with Crippen molar-refractivity contribution >= 4 is 21.6 Å². The van der Waals surface area contributed by atoms with Gasteiger partial charge in [0.2, 0.25) is 0 Å². The zero-order valence-electron chi connectivity index (χ0n) is 5.97. The average molecular weight is 210 g/mol. The normalized spacial score (nSPS) is 8.45. The van der Waals surface area contributed by atoms with Gasteiger partial charge in [0, 0.05) is 11.3 Å². The topological polar surface area (TPSA) is 26.0 Å². The van der Waals surface area contributed by atoms with E-state index in [2.05, 4.69) is 27.8 Å². The highest BCUT2D eigenvalue weighted by Gasteiger charge is 1.89. The summed E-state index contributed by atoms with van der Waals surface area (Å²) in [5.74, 6) is 5.83. The second kappa shape index (κ2) is 4.05. The van der Waals surface area contributed by atoms with Crippen LogP contribution < -0.4 is 5.73 Å². The summed E-state index contributed by atoms with van der Waals surface area (Å²) in [6.45, 7) is 0. The van der Waals surface area contributed by atoms with Crippen LogP contribution in [-0.4, -0.2) is 5.33 Å². The molecule has 2 heteroatoms. The van der Waals surface area contributed by atoms with Gasteiger partial charge >= 0.3 is 0 Å². The zero-order valence-corrected chi connectivity index (χ0v) is 7.56. The number of rotatable bonds is 0. The molecule has 0 atom stereocenters. The van der Waals surface area contributed by atoms with Crippen LogP contribution in [-0.2, 0) is 0 Å². The third-order valence-electron chi connectivity index (χ3n) is 1.25. The number of hydrogen-bond donors (Lipinski definition) is 1. The molecule has 0 heterocycles. The monoisotopic (exact) mass is 209 g/mol. The van der Waals surface area contributed by atoms with Crippen LogP contribution in [0.1, 0.15) is 5.56 Å². The number of halogens is 1. The molecule has 0 amide bonds. The number of benzene rings is 1. The average Bonchev–Trinajstić information content (AvgIpc) is 2.03. The van der Waals surface area contributed by atoms with Crippen molar-refractivity contribution in [3.8, 4) is 11.8 Å².